The Kier molecular flexibility index (Phi) is 6.25. The van der Waals surface area contributed by atoms with E-state index in [0.717, 1.165) is 44.7 Å². The van der Waals surface area contributed by atoms with Crippen molar-refractivity contribution in [1.29, 1.82) is 0 Å². The first-order valence-electron chi connectivity index (χ1n) is 9.67. The number of ether oxygens (including phenoxy) is 2. The molecule has 2 aliphatic heterocycles. The predicted molar refractivity (Wildman–Crippen MR) is 125 cm³/mol. The summed E-state index contributed by atoms with van der Waals surface area (Å²) < 4.78 is 15.0. The molecule has 2 atom stereocenters. The number of hydrogen-bond donors (Lipinski definition) is 0. The van der Waals surface area contributed by atoms with E-state index in [1.807, 2.05) is 44.5 Å². The van der Waals surface area contributed by atoms with Gasteiger partial charge in [0.1, 0.15) is 12.5 Å². The second-order valence-electron chi connectivity index (χ2n) is 7.45. The van der Waals surface area contributed by atoms with Crippen LogP contribution in [-0.4, -0.2) is 40.4 Å². The molecule has 1 aromatic heterocycles. The lowest BCUT2D eigenvalue weighted by Crippen LogP contribution is -2.28. The first-order chi connectivity index (χ1) is 13.9. The van der Waals surface area contributed by atoms with Crippen LogP contribution in [0.15, 0.2) is 22.0 Å². The summed E-state index contributed by atoms with van der Waals surface area (Å²) in [7, 11) is 4.06. The van der Waals surface area contributed by atoms with Gasteiger partial charge in [-0.3, -0.25) is 4.90 Å². The molecule has 0 saturated heterocycles. The van der Waals surface area contributed by atoms with Crippen molar-refractivity contribution in [1.82, 2.24) is 9.47 Å². The molecule has 0 radical (unpaired) electrons. The van der Waals surface area contributed by atoms with E-state index in [-0.39, 0.29) is 5.97 Å². The van der Waals surface area contributed by atoms with E-state index in [0.29, 0.717) is 29.4 Å². The van der Waals surface area contributed by atoms with E-state index in [1.165, 1.54) is 0 Å². The standard InChI is InChI=1S/C21H25BrN2O3S2/c1-5-26-20(25)18-16(10-29-21-12(2)6-7-28-21)24(4)15-8-14(22)19-13(17(15)18)9-23(3)11-27-19/h6-8,12,21H,5,9-11H2,1-4H3. The molecule has 4 rings (SSSR count). The van der Waals surface area contributed by atoms with Crippen LogP contribution in [0.1, 0.15) is 35.5 Å². The van der Waals surface area contributed by atoms with Crippen LogP contribution in [-0.2, 0) is 24.1 Å². The summed E-state index contributed by atoms with van der Waals surface area (Å²) >= 11 is 7.41. The second-order valence-corrected chi connectivity index (χ2v) is 10.8. The van der Waals surface area contributed by atoms with Gasteiger partial charge in [0.2, 0.25) is 0 Å². The van der Waals surface area contributed by atoms with Crippen LogP contribution in [0.5, 0.6) is 5.75 Å². The number of carbonyl (C=O) groups excluding carboxylic acids is 1. The number of aromatic nitrogens is 1. The van der Waals surface area contributed by atoms with Gasteiger partial charge in [-0.05, 0) is 47.3 Å². The highest BCUT2D eigenvalue weighted by Crippen LogP contribution is 2.44. The Bertz CT molecular complexity index is 988. The summed E-state index contributed by atoms with van der Waals surface area (Å²) in [6.45, 7) is 5.71. The Hall–Kier alpha value is -1.09. The Morgan fingerprint density at radius 1 is 1.45 bits per heavy atom. The van der Waals surface area contributed by atoms with Crippen LogP contribution < -0.4 is 4.74 Å². The molecule has 3 heterocycles. The molecule has 8 heteroatoms. The van der Waals surface area contributed by atoms with Gasteiger partial charge in [0.05, 0.1) is 26.7 Å². The summed E-state index contributed by atoms with van der Waals surface area (Å²) in [5.41, 5.74) is 3.77. The Labute approximate surface area is 188 Å². The Balaban J connectivity index is 1.85. The molecule has 1 aromatic carbocycles. The van der Waals surface area contributed by atoms with E-state index in [2.05, 4.69) is 49.9 Å². The number of thioether (sulfide) groups is 2. The molecule has 0 saturated carbocycles. The van der Waals surface area contributed by atoms with Gasteiger partial charge in [0, 0.05) is 36.0 Å². The zero-order chi connectivity index (χ0) is 20.7. The van der Waals surface area contributed by atoms with E-state index >= 15 is 0 Å². The quantitative estimate of drug-likeness (QED) is 0.519. The molecule has 0 bridgehead atoms. The first-order valence-corrected chi connectivity index (χ1v) is 12.5. The van der Waals surface area contributed by atoms with E-state index in [9.17, 15) is 4.79 Å². The zero-order valence-electron chi connectivity index (χ0n) is 17.0. The Morgan fingerprint density at radius 2 is 2.24 bits per heavy atom. The van der Waals surface area contributed by atoms with Crippen molar-refractivity contribution < 1.29 is 14.3 Å². The third-order valence-corrected chi connectivity index (χ3v) is 8.90. The topological polar surface area (TPSA) is 43.7 Å². The van der Waals surface area contributed by atoms with Gasteiger partial charge in [0.15, 0.2) is 0 Å². The SMILES string of the molecule is CCOC(=O)c1c(CSC2SC=CC2C)n(C)c2cc(Br)c3c(c12)CN(C)CO3. The molecule has 5 nitrogen and oxygen atoms in total. The first kappa shape index (κ1) is 21.2. The number of benzene rings is 1. The van der Waals surface area contributed by atoms with Crippen molar-refractivity contribution in [2.75, 3.05) is 20.4 Å². The number of esters is 1. The monoisotopic (exact) mass is 496 g/mol. The van der Waals surface area contributed by atoms with Crippen molar-refractivity contribution in [2.24, 2.45) is 13.0 Å². The maximum absolute atomic E-state index is 13.1. The molecule has 29 heavy (non-hydrogen) atoms. The van der Waals surface area contributed by atoms with Crippen molar-refractivity contribution >= 4 is 56.3 Å². The van der Waals surface area contributed by atoms with Crippen molar-refractivity contribution in [2.45, 2.75) is 30.7 Å². The lowest BCUT2D eigenvalue weighted by molar-refractivity contribution is 0.0527. The zero-order valence-corrected chi connectivity index (χ0v) is 20.2. The number of halogens is 1. The molecule has 0 fully saturated rings. The smallest absolute Gasteiger partial charge is 0.340 e. The fraction of sp³-hybridized carbons (Fsp3) is 0.476. The number of nitrogens with zero attached hydrogens (tertiary/aromatic N) is 2. The van der Waals surface area contributed by atoms with Gasteiger partial charge in [-0.1, -0.05) is 13.0 Å². The lowest BCUT2D eigenvalue weighted by Gasteiger charge is -2.27. The molecular formula is C21H25BrN2O3S2. The van der Waals surface area contributed by atoms with E-state index in [1.54, 1.807) is 0 Å². The molecule has 0 spiro atoms. The predicted octanol–water partition coefficient (Wildman–Crippen LogP) is 5.36. The average molecular weight is 497 g/mol. The molecule has 2 aliphatic rings. The maximum atomic E-state index is 13.1. The van der Waals surface area contributed by atoms with Crippen LogP contribution in [0, 0.1) is 5.92 Å². The van der Waals surface area contributed by atoms with Crippen LogP contribution in [0.3, 0.4) is 0 Å². The van der Waals surface area contributed by atoms with Gasteiger partial charge in [0.25, 0.3) is 0 Å². The normalized spacial score (nSPS) is 21.4. The summed E-state index contributed by atoms with van der Waals surface area (Å²) in [4.78, 5) is 15.2. The summed E-state index contributed by atoms with van der Waals surface area (Å²) in [6.07, 6.45) is 2.25. The minimum absolute atomic E-state index is 0.253. The number of fused-ring (bicyclic) bond motifs is 3. The highest BCUT2D eigenvalue weighted by atomic mass is 79.9. The second kappa shape index (κ2) is 8.57. The van der Waals surface area contributed by atoms with E-state index in [4.69, 9.17) is 9.47 Å². The van der Waals surface area contributed by atoms with Gasteiger partial charge >= 0.3 is 5.97 Å². The molecule has 0 N–H and O–H groups in total. The highest BCUT2D eigenvalue weighted by Gasteiger charge is 2.30. The van der Waals surface area contributed by atoms with Crippen molar-refractivity contribution in [3.63, 3.8) is 0 Å². The van der Waals surface area contributed by atoms with Crippen LogP contribution >= 0.6 is 39.5 Å². The fourth-order valence-electron chi connectivity index (χ4n) is 3.87. The summed E-state index contributed by atoms with van der Waals surface area (Å²) in [5.74, 6) is 1.85. The lowest BCUT2D eigenvalue weighted by atomic mass is 10.0. The van der Waals surface area contributed by atoms with Crippen molar-refractivity contribution in [3.8, 4) is 5.75 Å². The number of carbonyl (C=O) groups is 1. The third-order valence-electron chi connectivity index (χ3n) is 5.36. The minimum atomic E-state index is -0.253. The largest absolute Gasteiger partial charge is 0.477 e. The third kappa shape index (κ3) is 3.84. The van der Waals surface area contributed by atoms with Crippen LogP contribution in [0.25, 0.3) is 10.9 Å². The maximum Gasteiger partial charge on any atom is 0.340 e. The summed E-state index contributed by atoms with van der Waals surface area (Å²) in [5, 5.41) is 3.13. The molecule has 2 aromatic rings. The summed E-state index contributed by atoms with van der Waals surface area (Å²) in [6, 6.07) is 2.06. The molecule has 0 amide bonds. The molecule has 0 aliphatic carbocycles. The number of aryl methyl sites for hydroxylation is 1. The molecule has 156 valence electrons. The Morgan fingerprint density at radius 3 is 2.93 bits per heavy atom. The van der Waals surface area contributed by atoms with Crippen LogP contribution in [0.2, 0.25) is 0 Å². The minimum Gasteiger partial charge on any atom is -0.477 e. The molecule has 2 unspecified atom stereocenters. The average Bonchev–Trinajstić information content (AvgIpc) is 3.21. The van der Waals surface area contributed by atoms with Gasteiger partial charge in [-0.2, -0.15) is 0 Å². The van der Waals surface area contributed by atoms with Crippen LogP contribution in [0.4, 0.5) is 0 Å². The fourth-order valence-corrected chi connectivity index (χ4v) is 7.04. The van der Waals surface area contributed by atoms with Gasteiger partial charge < -0.3 is 14.0 Å². The number of allylic oxidation sites excluding steroid dienone is 1. The number of rotatable bonds is 5. The number of hydrogen-bond acceptors (Lipinski definition) is 6. The highest BCUT2D eigenvalue weighted by molar-refractivity contribution is 9.10. The molecular weight excluding hydrogens is 472 g/mol. The van der Waals surface area contributed by atoms with E-state index < -0.39 is 0 Å². The van der Waals surface area contributed by atoms with Gasteiger partial charge in [-0.25, -0.2) is 4.79 Å². The van der Waals surface area contributed by atoms with Gasteiger partial charge in [-0.15, -0.1) is 23.5 Å². The van der Waals surface area contributed by atoms with Crippen molar-refractivity contribution in [3.05, 3.63) is 38.8 Å².